The maximum absolute atomic E-state index is 7.32. The first-order valence-electron chi connectivity index (χ1n) is 12.1. The fraction of sp³-hybridized carbons (Fsp3) is 0.393. The highest BCUT2D eigenvalue weighted by atomic mass is 35.5. The molecule has 0 amide bonds. The highest BCUT2D eigenvalue weighted by Gasteiger charge is 2.40. The van der Waals surface area contributed by atoms with Crippen LogP contribution in [-0.4, -0.2) is 36.1 Å². The molecule has 0 saturated carbocycles. The zero-order chi connectivity index (χ0) is 24.5. The Morgan fingerprint density at radius 1 is 1.09 bits per heavy atom. The van der Waals surface area contributed by atoms with E-state index in [1.807, 2.05) is 36.5 Å². The van der Waals surface area contributed by atoms with Crippen molar-refractivity contribution in [2.75, 3.05) is 31.1 Å². The number of aromatic nitrogens is 2. The van der Waals surface area contributed by atoms with Gasteiger partial charge in [-0.1, -0.05) is 43.6 Å². The summed E-state index contributed by atoms with van der Waals surface area (Å²) in [6, 6.07) is 15.5. The van der Waals surface area contributed by atoms with E-state index < -0.39 is 0 Å². The fourth-order valence-electron chi connectivity index (χ4n) is 4.92. The number of ether oxygens (including phenoxy) is 1. The summed E-state index contributed by atoms with van der Waals surface area (Å²) in [4.78, 5) is 15.1. The second-order valence-corrected chi connectivity index (χ2v) is 10.6. The van der Waals surface area contributed by atoms with E-state index >= 15 is 0 Å². The van der Waals surface area contributed by atoms with Crippen LogP contribution in [0.1, 0.15) is 43.5 Å². The molecule has 3 heterocycles. The summed E-state index contributed by atoms with van der Waals surface area (Å²) in [6.45, 7) is 16.3. The minimum Gasteiger partial charge on any atom is -0.487 e. The summed E-state index contributed by atoms with van der Waals surface area (Å²) in [5.74, 6) is 1.58. The molecule has 0 bridgehead atoms. The largest absolute Gasteiger partial charge is 0.487 e. The van der Waals surface area contributed by atoms with E-state index in [0.717, 1.165) is 54.7 Å². The Kier molecular flexibility index (Phi) is 6.39. The van der Waals surface area contributed by atoms with Gasteiger partial charge in [0.2, 0.25) is 5.95 Å². The van der Waals surface area contributed by atoms with Gasteiger partial charge in [-0.05, 0) is 59.7 Å². The van der Waals surface area contributed by atoms with E-state index in [2.05, 4.69) is 46.0 Å². The van der Waals surface area contributed by atoms with Crippen LogP contribution < -0.4 is 15.0 Å². The van der Waals surface area contributed by atoms with Gasteiger partial charge in [-0.15, -0.1) is 0 Å². The summed E-state index contributed by atoms with van der Waals surface area (Å²) in [5, 5.41) is 3.99. The van der Waals surface area contributed by atoms with Crippen molar-refractivity contribution in [3.8, 4) is 5.75 Å². The second kappa shape index (κ2) is 9.49. The third kappa shape index (κ3) is 4.98. The van der Waals surface area contributed by atoms with Gasteiger partial charge in [-0.3, -0.25) is 0 Å². The van der Waals surface area contributed by atoms with Crippen LogP contribution in [0.15, 0.2) is 54.7 Å². The van der Waals surface area contributed by atoms with Gasteiger partial charge in [-0.2, -0.15) is 0 Å². The lowest BCUT2D eigenvalue weighted by Crippen LogP contribution is -2.58. The van der Waals surface area contributed by atoms with Crippen LogP contribution in [0.5, 0.6) is 5.75 Å². The molecule has 2 aliphatic rings. The molecule has 2 fully saturated rings. The predicted molar refractivity (Wildman–Crippen MR) is 139 cm³/mol. The first-order valence-corrected chi connectivity index (χ1v) is 12.4. The summed E-state index contributed by atoms with van der Waals surface area (Å²) >= 11 is 6.25. The lowest BCUT2D eigenvalue weighted by molar-refractivity contribution is 0.126. The minimum absolute atomic E-state index is 0.299. The lowest BCUT2D eigenvalue weighted by atomic mass is 9.73. The average Bonchev–Trinajstić information content (AvgIpc) is 2.86. The smallest absolute Gasteiger partial charge is 0.225 e. The van der Waals surface area contributed by atoms with Gasteiger partial charge >= 0.3 is 0 Å². The Labute approximate surface area is 212 Å². The Morgan fingerprint density at radius 3 is 2.49 bits per heavy atom. The summed E-state index contributed by atoms with van der Waals surface area (Å²) in [5.41, 5.74) is 3.76. The number of rotatable bonds is 6. The molecule has 0 unspecified atom stereocenters. The number of hydrogen-bond acceptors (Lipinski definition) is 5. The third-order valence-electron chi connectivity index (χ3n) is 7.50. The van der Waals surface area contributed by atoms with Crippen molar-refractivity contribution >= 4 is 23.2 Å². The SMILES string of the molecule is [C-]#[N+]c1cc(Cl)cc(C(C)(C)c2ccc(OCc3ccnc(N4CCC5(CC4)CNC5)n3)cc2)c1. The van der Waals surface area contributed by atoms with Crippen LogP contribution in [0.25, 0.3) is 4.85 Å². The fourth-order valence-corrected chi connectivity index (χ4v) is 5.15. The van der Waals surface area contributed by atoms with E-state index in [1.165, 1.54) is 12.8 Å². The maximum atomic E-state index is 7.32. The molecular weight excluding hydrogens is 458 g/mol. The summed E-state index contributed by atoms with van der Waals surface area (Å²) in [6.07, 6.45) is 4.21. The zero-order valence-electron chi connectivity index (χ0n) is 20.2. The molecule has 2 aliphatic heterocycles. The highest BCUT2D eigenvalue weighted by Crippen LogP contribution is 2.37. The van der Waals surface area contributed by atoms with E-state index in [0.29, 0.717) is 22.7 Å². The normalized spacial score (nSPS) is 17.0. The monoisotopic (exact) mass is 487 g/mol. The number of benzene rings is 2. The topological polar surface area (TPSA) is 54.6 Å². The van der Waals surface area contributed by atoms with Crippen molar-refractivity contribution < 1.29 is 4.74 Å². The molecule has 0 atom stereocenters. The van der Waals surface area contributed by atoms with Gasteiger partial charge in [0.25, 0.3) is 0 Å². The van der Waals surface area contributed by atoms with Crippen molar-refractivity contribution in [3.05, 3.63) is 88.0 Å². The van der Waals surface area contributed by atoms with Gasteiger partial charge in [0.15, 0.2) is 5.69 Å². The Bertz CT molecular complexity index is 1240. The van der Waals surface area contributed by atoms with Crippen molar-refractivity contribution in [1.82, 2.24) is 15.3 Å². The first-order chi connectivity index (χ1) is 16.9. The van der Waals surface area contributed by atoms with E-state index in [4.69, 9.17) is 27.9 Å². The number of anilines is 1. The van der Waals surface area contributed by atoms with Crippen molar-refractivity contribution in [3.63, 3.8) is 0 Å². The van der Waals surface area contributed by atoms with Crippen LogP contribution in [0.3, 0.4) is 0 Å². The Morgan fingerprint density at radius 2 is 1.83 bits per heavy atom. The first kappa shape index (κ1) is 23.6. The van der Waals surface area contributed by atoms with Crippen LogP contribution in [0, 0.1) is 12.0 Å². The molecule has 3 aromatic rings. The van der Waals surface area contributed by atoms with Crippen LogP contribution in [0.2, 0.25) is 5.02 Å². The number of piperidine rings is 1. The molecule has 7 heteroatoms. The molecular formula is C28H30ClN5O. The van der Waals surface area contributed by atoms with Crippen LogP contribution >= 0.6 is 11.6 Å². The number of nitrogens with one attached hydrogen (secondary N) is 1. The molecule has 5 rings (SSSR count). The van der Waals surface area contributed by atoms with Crippen molar-refractivity contribution in [1.29, 1.82) is 0 Å². The summed E-state index contributed by atoms with van der Waals surface area (Å²) < 4.78 is 6.05. The van der Waals surface area contributed by atoms with E-state index in [1.54, 1.807) is 6.07 Å². The molecule has 180 valence electrons. The molecule has 35 heavy (non-hydrogen) atoms. The Hall–Kier alpha value is -3.14. The average molecular weight is 488 g/mol. The standard InChI is InChI=1S/C28H30ClN5O/c1-27(2,21-14-22(29)16-24(15-21)30-3)20-4-6-25(7-5-20)35-17-23-8-11-32-26(33-23)34-12-9-28(10-13-34)18-31-19-28/h4-8,11,14-16,31H,9-10,12-13,17-19H2,1-2H3. The van der Waals surface area contributed by atoms with Crippen LogP contribution in [0.4, 0.5) is 11.6 Å². The minimum atomic E-state index is -0.299. The van der Waals surface area contributed by atoms with Gasteiger partial charge < -0.3 is 15.0 Å². The van der Waals surface area contributed by atoms with Gasteiger partial charge in [0.1, 0.15) is 12.4 Å². The molecule has 2 saturated heterocycles. The van der Waals surface area contributed by atoms with Gasteiger partial charge in [0, 0.05) is 42.8 Å². The van der Waals surface area contributed by atoms with E-state index in [-0.39, 0.29) is 5.41 Å². The van der Waals surface area contributed by atoms with Crippen LogP contribution in [-0.2, 0) is 12.0 Å². The molecule has 0 aliphatic carbocycles. The van der Waals surface area contributed by atoms with Gasteiger partial charge in [-0.25, -0.2) is 14.8 Å². The quantitative estimate of drug-likeness (QED) is 0.447. The predicted octanol–water partition coefficient (Wildman–Crippen LogP) is 5.78. The lowest BCUT2D eigenvalue weighted by Gasteiger charge is -2.48. The number of hydrogen-bond donors (Lipinski definition) is 1. The molecule has 1 aromatic heterocycles. The van der Waals surface area contributed by atoms with Crippen molar-refractivity contribution in [2.45, 2.75) is 38.7 Å². The molecule has 1 N–H and O–H groups in total. The molecule has 2 aromatic carbocycles. The Balaban J connectivity index is 1.22. The molecule has 1 spiro atoms. The highest BCUT2D eigenvalue weighted by molar-refractivity contribution is 6.31. The summed E-state index contributed by atoms with van der Waals surface area (Å²) in [7, 11) is 0. The van der Waals surface area contributed by atoms with E-state index in [9.17, 15) is 0 Å². The van der Waals surface area contributed by atoms with Gasteiger partial charge in [0.05, 0.1) is 12.3 Å². The third-order valence-corrected chi connectivity index (χ3v) is 7.72. The second-order valence-electron chi connectivity index (χ2n) is 10.2. The maximum Gasteiger partial charge on any atom is 0.225 e. The number of halogens is 1. The zero-order valence-corrected chi connectivity index (χ0v) is 21.0. The molecule has 0 radical (unpaired) electrons. The molecule has 6 nitrogen and oxygen atoms in total. The number of nitrogens with zero attached hydrogens (tertiary/aromatic N) is 4. The van der Waals surface area contributed by atoms with Crippen molar-refractivity contribution in [2.24, 2.45) is 5.41 Å².